The molecule has 0 radical (unpaired) electrons. The van der Waals surface area contributed by atoms with E-state index in [1.807, 2.05) is 32.1 Å². The van der Waals surface area contributed by atoms with Crippen molar-refractivity contribution in [1.82, 2.24) is 4.98 Å². The minimum absolute atomic E-state index is 0.537. The minimum atomic E-state index is 0.537. The van der Waals surface area contributed by atoms with Crippen LogP contribution in [0.1, 0.15) is 0 Å². The van der Waals surface area contributed by atoms with Crippen molar-refractivity contribution in [3.8, 4) is 0 Å². The van der Waals surface area contributed by atoms with Crippen LogP contribution < -0.4 is 5.46 Å². The second kappa shape index (κ2) is 3.20. The Morgan fingerprint density at radius 2 is 2.00 bits per heavy atom. The molecule has 2 rings (SSSR count). The number of fused-ring (bicyclic) bond motifs is 1. The van der Waals surface area contributed by atoms with E-state index in [0.29, 0.717) is 10.2 Å². The molecule has 2 aromatic rings. The zero-order valence-electron chi connectivity index (χ0n) is 7.01. The van der Waals surface area contributed by atoms with Crippen LogP contribution in [0.4, 0.5) is 0 Å². The monoisotopic (exact) mass is 209 g/mol. The van der Waals surface area contributed by atoms with Gasteiger partial charge in [0, 0.05) is 10.4 Å². The highest BCUT2D eigenvalue weighted by molar-refractivity contribution is 6.45. The average molecular weight is 210 g/mol. The molecule has 0 aliphatic carbocycles. The molecule has 0 amide bonds. The third-order valence-corrected chi connectivity index (χ3v) is 2.65. The molecule has 0 aliphatic heterocycles. The third-order valence-electron chi connectivity index (χ3n) is 1.93. The highest BCUT2D eigenvalue weighted by Crippen LogP contribution is 2.21. The fourth-order valence-corrected chi connectivity index (χ4v) is 1.61. The SMILES string of the molecule is Bc1cc2c(Cl)cccc2nc1Cl. The molecular formula is C9H6BCl2N. The molecule has 0 saturated heterocycles. The number of hydrogen-bond donors (Lipinski definition) is 0. The summed E-state index contributed by atoms with van der Waals surface area (Å²) >= 11 is 11.9. The number of pyridine rings is 1. The lowest BCUT2D eigenvalue weighted by molar-refractivity contribution is 1.43. The highest BCUT2D eigenvalue weighted by Gasteiger charge is 2.02. The van der Waals surface area contributed by atoms with E-state index in [-0.39, 0.29) is 0 Å². The first kappa shape index (κ1) is 8.85. The molecule has 0 saturated carbocycles. The molecule has 0 N–H and O–H groups in total. The molecule has 1 aromatic carbocycles. The minimum Gasteiger partial charge on any atom is -0.237 e. The molecule has 0 aliphatic rings. The Morgan fingerprint density at radius 1 is 1.23 bits per heavy atom. The van der Waals surface area contributed by atoms with Crippen molar-refractivity contribution in [2.75, 3.05) is 0 Å². The van der Waals surface area contributed by atoms with Crippen LogP contribution in [0.25, 0.3) is 10.9 Å². The van der Waals surface area contributed by atoms with Crippen LogP contribution in [0.2, 0.25) is 10.2 Å². The maximum atomic E-state index is 6.00. The summed E-state index contributed by atoms with van der Waals surface area (Å²) in [5, 5.41) is 2.20. The van der Waals surface area contributed by atoms with Crippen molar-refractivity contribution in [2.24, 2.45) is 0 Å². The molecule has 0 atom stereocenters. The molecule has 13 heavy (non-hydrogen) atoms. The van der Waals surface area contributed by atoms with Gasteiger partial charge in [-0.25, -0.2) is 4.98 Å². The van der Waals surface area contributed by atoms with E-state index in [0.717, 1.165) is 16.4 Å². The lowest BCUT2D eigenvalue weighted by atomic mass is 9.97. The Labute approximate surface area is 87.1 Å². The van der Waals surface area contributed by atoms with Crippen molar-refractivity contribution < 1.29 is 0 Å². The van der Waals surface area contributed by atoms with Gasteiger partial charge in [-0.3, -0.25) is 0 Å². The summed E-state index contributed by atoms with van der Waals surface area (Å²) in [6.07, 6.45) is 0. The first-order valence-corrected chi connectivity index (χ1v) is 4.65. The first-order chi connectivity index (χ1) is 6.18. The molecule has 64 valence electrons. The molecule has 1 nitrogen and oxygen atoms in total. The summed E-state index contributed by atoms with van der Waals surface area (Å²) < 4.78 is 0. The molecule has 0 spiro atoms. The predicted octanol–water partition coefficient (Wildman–Crippen LogP) is 1.80. The van der Waals surface area contributed by atoms with Crippen LogP contribution in [0, 0.1) is 0 Å². The molecule has 0 fully saturated rings. The summed E-state index contributed by atoms with van der Waals surface area (Å²) in [6, 6.07) is 7.56. The van der Waals surface area contributed by atoms with Gasteiger partial charge in [0.25, 0.3) is 0 Å². The Hall–Kier alpha value is -0.725. The largest absolute Gasteiger partial charge is 0.237 e. The summed E-state index contributed by atoms with van der Waals surface area (Å²) in [5.74, 6) is 0. The number of aromatic nitrogens is 1. The molecule has 1 aromatic heterocycles. The van der Waals surface area contributed by atoms with Crippen molar-refractivity contribution >= 4 is 47.4 Å². The number of nitrogens with zero attached hydrogens (tertiary/aromatic N) is 1. The maximum Gasteiger partial charge on any atom is 0.143 e. The van der Waals surface area contributed by atoms with Crippen molar-refractivity contribution in [3.63, 3.8) is 0 Å². The summed E-state index contributed by atoms with van der Waals surface area (Å²) in [6.45, 7) is 0. The summed E-state index contributed by atoms with van der Waals surface area (Å²) in [4.78, 5) is 4.22. The Kier molecular flexibility index (Phi) is 2.18. The molecular weight excluding hydrogens is 204 g/mol. The van der Waals surface area contributed by atoms with Crippen LogP contribution in [0.15, 0.2) is 24.3 Å². The third kappa shape index (κ3) is 1.52. The molecule has 0 unspecified atom stereocenters. The normalized spacial score (nSPS) is 10.6. The summed E-state index contributed by atoms with van der Waals surface area (Å²) in [5.41, 5.74) is 1.78. The van der Waals surface area contributed by atoms with Gasteiger partial charge in [0.2, 0.25) is 0 Å². The van der Waals surface area contributed by atoms with Gasteiger partial charge in [-0.2, -0.15) is 0 Å². The van der Waals surface area contributed by atoms with Gasteiger partial charge in [-0.1, -0.05) is 40.8 Å². The summed E-state index contributed by atoms with van der Waals surface area (Å²) in [7, 11) is 1.91. The number of rotatable bonds is 0. The van der Waals surface area contributed by atoms with Gasteiger partial charge in [0.15, 0.2) is 0 Å². The lowest BCUT2D eigenvalue weighted by Crippen LogP contribution is -2.05. The fraction of sp³-hybridized carbons (Fsp3) is 0. The van der Waals surface area contributed by atoms with Gasteiger partial charge in [-0.15, -0.1) is 0 Å². The van der Waals surface area contributed by atoms with Crippen molar-refractivity contribution in [3.05, 3.63) is 34.4 Å². The van der Waals surface area contributed by atoms with Crippen molar-refractivity contribution in [1.29, 1.82) is 0 Å². The first-order valence-electron chi connectivity index (χ1n) is 3.90. The van der Waals surface area contributed by atoms with E-state index < -0.39 is 0 Å². The standard InChI is InChI=1S/C9H6BCl2N/c10-6-4-5-7(11)2-1-3-8(5)13-9(6)12/h1-4H,10H2. The maximum absolute atomic E-state index is 6.00. The van der Waals surface area contributed by atoms with Gasteiger partial charge in [0.05, 0.1) is 5.52 Å². The smallest absolute Gasteiger partial charge is 0.143 e. The van der Waals surface area contributed by atoms with E-state index >= 15 is 0 Å². The fourth-order valence-electron chi connectivity index (χ4n) is 1.24. The van der Waals surface area contributed by atoms with Crippen molar-refractivity contribution in [2.45, 2.75) is 0 Å². The zero-order valence-corrected chi connectivity index (χ0v) is 8.52. The topological polar surface area (TPSA) is 12.9 Å². The second-order valence-corrected chi connectivity index (χ2v) is 3.67. The van der Waals surface area contributed by atoms with Crippen LogP contribution >= 0.6 is 23.2 Å². The van der Waals surface area contributed by atoms with E-state index in [9.17, 15) is 0 Å². The Bertz CT molecular complexity index is 470. The van der Waals surface area contributed by atoms with Crippen LogP contribution in [0.5, 0.6) is 0 Å². The van der Waals surface area contributed by atoms with Crippen LogP contribution in [-0.2, 0) is 0 Å². The number of halogens is 2. The number of hydrogen-bond acceptors (Lipinski definition) is 1. The second-order valence-electron chi connectivity index (χ2n) is 2.90. The average Bonchev–Trinajstić information content (AvgIpc) is 2.09. The number of benzene rings is 1. The van der Waals surface area contributed by atoms with Crippen LogP contribution in [-0.4, -0.2) is 12.8 Å². The van der Waals surface area contributed by atoms with Gasteiger partial charge >= 0.3 is 0 Å². The Morgan fingerprint density at radius 3 is 2.77 bits per heavy atom. The highest BCUT2D eigenvalue weighted by atomic mass is 35.5. The van der Waals surface area contributed by atoms with E-state index in [1.165, 1.54) is 0 Å². The van der Waals surface area contributed by atoms with Gasteiger partial charge in [-0.05, 0) is 12.1 Å². The zero-order chi connectivity index (χ0) is 9.42. The van der Waals surface area contributed by atoms with E-state index in [1.54, 1.807) is 0 Å². The van der Waals surface area contributed by atoms with E-state index in [4.69, 9.17) is 23.2 Å². The molecule has 1 heterocycles. The molecule has 4 heteroatoms. The van der Waals surface area contributed by atoms with Gasteiger partial charge in [0.1, 0.15) is 13.0 Å². The molecule has 0 bridgehead atoms. The predicted molar refractivity (Wildman–Crippen MR) is 59.9 cm³/mol. The lowest BCUT2D eigenvalue weighted by Gasteiger charge is -2.02. The van der Waals surface area contributed by atoms with Gasteiger partial charge < -0.3 is 0 Å². The van der Waals surface area contributed by atoms with E-state index in [2.05, 4.69) is 4.98 Å². The Balaban J connectivity index is 2.89. The quantitative estimate of drug-likeness (QED) is 0.477. The van der Waals surface area contributed by atoms with Crippen LogP contribution in [0.3, 0.4) is 0 Å².